The summed E-state index contributed by atoms with van der Waals surface area (Å²) in [6.07, 6.45) is 0.871. The summed E-state index contributed by atoms with van der Waals surface area (Å²) in [4.78, 5) is 18.3. The van der Waals surface area contributed by atoms with Gasteiger partial charge in [-0.3, -0.25) is 4.79 Å². The number of carbonyl (C=O) groups excluding carboxylic acids is 1. The number of nitrogens with zero attached hydrogens (tertiary/aromatic N) is 3. The average molecular weight is 395 g/mol. The predicted molar refractivity (Wildman–Crippen MR) is 97.2 cm³/mol. The van der Waals surface area contributed by atoms with Gasteiger partial charge < -0.3 is 9.42 Å². The first kappa shape index (κ1) is 19.5. The maximum absolute atomic E-state index is 13.7. The maximum atomic E-state index is 13.7. The first-order valence-corrected chi connectivity index (χ1v) is 10.7. The fraction of sp³-hybridized carbons (Fsp3) is 0.500. The number of hydrogen-bond acceptors (Lipinski definition) is 6. The molecule has 146 valence electrons. The van der Waals surface area contributed by atoms with Gasteiger partial charge in [0.05, 0.1) is 11.5 Å². The summed E-state index contributed by atoms with van der Waals surface area (Å²) in [6.45, 7) is 3.96. The van der Waals surface area contributed by atoms with Gasteiger partial charge in [0.25, 0.3) is 0 Å². The third-order valence-electron chi connectivity index (χ3n) is 4.76. The van der Waals surface area contributed by atoms with Crippen LogP contribution in [0.1, 0.15) is 31.2 Å². The van der Waals surface area contributed by atoms with E-state index < -0.39 is 9.84 Å². The Bertz CT molecular complexity index is 942. The Morgan fingerprint density at radius 1 is 1.41 bits per heavy atom. The molecule has 9 heteroatoms. The zero-order valence-electron chi connectivity index (χ0n) is 15.3. The van der Waals surface area contributed by atoms with E-state index in [0.717, 1.165) is 0 Å². The molecule has 0 bridgehead atoms. The third-order valence-corrected chi connectivity index (χ3v) is 6.51. The summed E-state index contributed by atoms with van der Waals surface area (Å²) in [5, 5.41) is 3.84. The second kappa shape index (κ2) is 7.75. The summed E-state index contributed by atoms with van der Waals surface area (Å²) in [5.74, 6) is 0.220. The summed E-state index contributed by atoms with van der Waals surface area (Å²) in [5.41, 5.74) is 1.03. The molecule has 1 saturated heterocycles. The molecule has 1 aromatic carbocycles. The van der Waals surface area contributed by atoms with Crippen molar-refractivity contribution in [2.24, 2.45) is 0 Å². The second-order valence-corrected chi connectivity index (χ2v) is 8.94. The molecule has 1 atom stereocenters. The van der Waals surface area contributed by atoms with Crippen LogP contribution in [-0.4, -0.2) is 53.5 Å². The van der Waals surface area contributed by atoms with Gasteiger partial charge in [-0.1, -0.05) is 17.3 Å². The Morgan fingerprint density at radius 2 is 2.19 bits per heavy atom. The molecule has 0 saturated carbocycles. The van der Waals surface area contributed by atoms with Crippen LogP contribution in [0.4, 0.5) is 4.39 Å². The first-order chi connectivity index (χ1) is 12.8. The van der Waals surface area contributed by atoms with E-state index in [1.165, 1.54) is 6.07 Å². The van der Waals surface area contributed by atoms with Crippen molar-refractivity contribution >= 4 is 15.7 Å². The smallest absolute Gasteiger partial charge is 0.227 e. The third kappa shape index (κ3) is 4.52. The highest BCUT2D eigenvalue weighted by molar-refractivity contribution is 7.91. The maximum Gasteiger partial charge on any atom is 0.227 e. The van der Waals surface area contributed by atoms with Gasteiger partial charge in [-0.25, -0.2) is 12.8 Å². The van der Waals surface area contributed by atoms with E-state index in [1.54, 1.807) is 24.0 Å². The van der Waals surface area contributed by atoms with Crippen molar-refractivity contribution in [2.45, 2.75) is 39.2 Å². The van der Waals surface area contributed by atoms with Gasteiger partial charge in [0.2, 0.25) is 17.6 Å². The van der Waals surface area contributed by atoms with Crippen LogP contribution in [-0.2, 0) is 21.1 Å². The minimum Gasteiger partial charge on any atom is -0.339 e. The van der Waals surface area contributed by atoms with Crippen LogP contribution < -0.4 is 0 Å². The van der Waals surface area contributed by atoms with Crippen molar-refractivity contribution in [3.05, 3.63) is 35.5 Å². The molecular weight excluding hydrogens is 373 g/mol. The molecule has 2 aromatic rings. The van der Waals surface area contributed by atoms with Crippen molar-refractivity contribution in [3.8, 4) is 11.4 Å². The molecule has 3 rings (SSSR count). The van der Waals surface area contributed by atoms with Gasteiger partial charge in [0, 0.05) is 31.0 Å². The Balaban J connectivity index is 1.62. The van der Waals surface area contributed by atoms with E-state index in [1.807, 2.05) is 6.92 Å². The first-order valence-electron chi connectivity index (χ1n) is 8.88. The number of benzene rings is 1. The molecule has 1 aliphatic heterocycles. The van der Waals surface area contributed by atoms with Crippen LogP contribution in [0.2, 0.25) is 0 Å². The normalized spacial score (nSPS) is 18.6. The number of aromatic nitrogens is 2. The molecule has 1 fully saturated rings. The Kier molecular flexibility index (Phi) is 5.59. The number of amides is 1. The highest BCUT2D eigenvalue weighted by Gasteiger charge is 2.33. The quantitative estimate of drug-likeness (QED) is 0.744. The minimum absolute atomic E-state index is 0.0241. The number of aryl methyl sites for hydroxylation is 2. The lowest BCUT2D eigenvalue weighted by Crippen LogP contribution is -2.41. The van der Waals surface area contributed by atoms with Crippen molar-refractivity contribution < 1.29 is 22.1 Å². The lowest BCUT2D eigenvalue weighted by molar-refractivity contribution is -0.132. The van der Waals surface area contributed by atoms with E-state index in [-0.39, 0.29) is 53.8 Å². The summed E-state index contributed by atoms with van der Waals surface area (Å²) >= 11 is 0. The SMILES string of the molecule is CCN(C(=O)CCc1nc(-c2ccc(C)c(F)c2)no1)C1CCS(=O)(=O)C1. The van der Waals surface area contributed by atoms with Gasteiger partial charge in [-0.05, 0) is 31.9 Å². The molecule has 0 N–H and O–H groups in total. The fourth-order valence-electron chi connectivity index (χ4n) is 3.22. The fourth-order valence-corrected chi connectivity index (χ4v) is 4.95. The van der Waals surface area contributed by atoms with Crippen LogP contribution in [0.5, 0.6) is 0 Å². The number of hydrogen-bond donors (Lipinski definition) is 0. The lowest BCUT2D eigenvalue weighted by atomic mass is 10.1. The molecular formula is C18H22FN3O4S. The predicted octanol–water partition coefficient (Wildman–Crippen LogP) is 2.15. The molecule has 1 aliphatic rings. The number of sulfone groups is 1. The van der Waals surface area contributed by atoms with Crippen LogP contribution in [0.25, 0.3) is 11.4 Å². The Hall–Kier alpha value is -2.29. The second-order valence-electron chi connectivity index (χ2n) is 6.71. The highest BCUT2D eigenvalue weighted by atomic mass is 32.2. The molecule has 27 heavy (non-hydrogen) atoms. The van der Waals surface area contributed by atoms with E-state index >= 15 is 0 Å². The van der Waals surface area contributed by atoms with Crippen molar-refractivity contribution in [1.29, 1.82) is 0 Å². The van der Waals surface area contributed by atoms with Crippen LogP contribution in [0, 0.1) is 12.7 Å². The number of rotatable bonds is 6. The summed E-state index contributed by atoms with van der Waals surface area (Å²) in [7, 11) is -3.05. The molecule has 0 spiro atoms. The Morgan fingerprint density at radius 3 is 2.81 bits per heavy atom. The Labute approximate surface area is 157 Å². The monoisotopic (exact) mass is 395 g/mol. The lowest BCUT2D eigenvalue weighted by Gasteiger charge is -2.26. The number of halogens is 1. The zero-order chi connectivity index (χ0) is 19.6. The summed E-state index contributed by atoms with van der Waals surface area (Å²) < 4.78 is 42.1. The number of carbonyl (C=O) groups is 1. The van der Waals surface area contributed by atoms with E-state index in [2.05, 4.69) is 10.1 Å². The highest BCUT2D eigenvalue weighted by Crippen LogP contribution is 2.21. The van der Waals surface area contributed by atoms with Crippen LogP contribution >= 0.6 is 0 Å². The summed E-state index contributed by atoms with van der Waals surface area (Å²) in [6, 6.07) is 4.42. The molecule has 1 unspecified atom stereocenters. The van der Waals surface area contributed by atoms with E-state index in [9.17, 15) is 17.6 Å². The van der Waals surface area contributed by atoms with Gasteiger partial charge in [-0.2, -0.15) is 4.98 Å². The largest absolute Gasteiger partial charge is 0.339 e. The van der Waals surface area contributed by atoms with Gasteiger partial charge >= 0.3 is 0 Å². The van der Waals surface area contributed by atoms with E-state index in [4.69, 9.17) is 4.52 Å². The van der Waals surface area contributed by atoms with Crippen molar-refractivity contribution in [1.82, 2.24) is 15.0 Å². The molecule has 1 aromatic heterocycles. The molecule has 0 radical (unpaired) electrons. The molecule has 7 nitrogen and oxygen atoms in total. The molecule has 1 amide bonds. The molecule has 2 heterocycles. The van der Waals surface area contributed by atoms with Gasteiger partial charge in [-0.15, -0.1) is 0 Å². The van der Waals surface area contributed by atoms with Gasteiger partial charge in [0.15, 0.2) is 9.84 Å². The van der Waals surface area contributed by atoms with E-state index in [0.29, 0.717) is 24.1 Å². The topological polar surface area (TPSA) is 93.4 Å². The molecule has 0 aliphatic carbocycles. The van der Waals surface area contributed by atoms with Crippen molar-refractivity contribution in [2.75, 3.05) is 18.1 Å². The minimum atomic E-state index is -3.05. The average Bonchev–Trinajstić information content (AvgIpc) is 3.23. The van der Waals surface area contributed by atoms with Crippen molar-refractivity contribution in [3.63, 3.8) is 0 Å². The zero-order valence-corrected chi connectivity index (χ0v) is 16.1. The van der Waals surface area contributed by atoms with Crippen LogP contribution in [0.15, 0.2) is 22.7 Å². The van der Waals surface area contributed by atoms with Crippen LogP contribution in [0.3, 0.4) is 0 Å². The van der Waals surface area contributed by atoms with Gasteiger partial charge in [0.1, 0.15) is 5.82 Å². The standard InChI is InChI=1S/C18H22FN3O4S/c1-3-22(14-8-9-27(24,25)11-14)17(23)7-6-16-20-18(21-26-16)13-5-4-12(2)15(19)10-13/h4-5,10,14H,3,6-9,11H2,1-2H3.